The van der Waals surface area contributed by atoms with Crippen molar-refractivity contribution in [3.8, 4) is 0 Å². The Morgan fingerprint density at radius 3 is 2.68 bits per heavy atom. The molecule has 1 unspecified atom stereocenters. The lowest BCUT2D eigenvalue weighted by molar-refractivity contribution is 0.0932. The van der Waals surface area contributed by atoms with Crippen LogP contribution in [0.4, 0.5) is 8.78 Å². The van der Waals surface area contributed by atoms with Gasteiger partial charge in [-0.1, -0.05) is 6.07 Å². The van der Waals surface area contributed by atoms with E-state index in [2.05, 4.69) is 15.5 Å². The summed E-state index contributed by atoms with van der Waals surface area (Å²) < 4.78 is 25.9. The zero-order valence-electron chi connectivity index (χ0n) is 11.9. The molecule has 2 aromatic rings. The van der Waals surface area contributed by atoms with Crippen LogP contribution in [0.2, 0.25) is 0 Å². The van der Waals surface area contributed by atoms with E-state index in [1.54, 1.807) is 6.92 Å². The Bertz CT molecular complexity index is 710. The van der Waals surface area contributed by atoms with Crippen LogP contribution in [-0.2, 0) is 6.42 Å². The van der Waals surface area contributed by atoms with E-state index >= 15 is 0 Å². The van der Waals surface area contributed by atoms with Gasteiger partial charge in [0.2, 0.25) is 0 Å². The predicted octanol–water partition coefficient (Wildman–Crippen LogP) is 1.80. The zero-order valence-corrected chi connectivity index (χ0v) is 11.9. The van der Waals surface area contributed by atoms with Crippen molar-refractivity contribution in [3.63, 3.8) is 0 Å². The number of H-pyrrole nitrogens is 1. The summed E-state index contributed by atoms with van der Waals surface area (Å²) in [5.41, 5.74) is 0.379. The number of aromatic nitrogens is 2. The van der Waals surface area contributed by atoms with Crippen LogP contribution in [0.15, 0.2) is 35.1 Å². The molecular weight excluding hydrogens is 292 g/mol. The van der Waals surface area contributed by atoms with Gasteiger partial charge in [0, 0.05) is 12.1 Å². The highest BCUT2D eigenvalue weighted by molar-refractivity contribution is 5.92. The third-order valence-corrected chi connectivity index (χ3v) is 3.14. The standard InChI is InChI=1S/C15H15F2N3O2/c1-9(2-3-10-4-5-11(16)12(17)8-10)18-15(22)13-6-7-14(21)20-19-13/h4-9H,2-3H2,1H3,(H,18,22)(H,20,21). The van der Waals surface area contributed by atoms with Crippen LogP contribution in [0.3, 0.4) is 0 Å². The monoisotopic (exact) mass is 307 g/mol. The smallest absolute Gasteiger partial charge is 0.271 e. The van der Waals surface area contributed by atoms with E-state index in [1.165, 1.54) is 18.2 Å². The van der Waals surface area contributed by atoms with E-state index in [9.17, 15) is 18.4 Å². The Morgan fingerprint density at radius 1 is 1.27 bits per heavy atom. The average Bonchev–Trinajstić information content (AvgIpc) is 2.49. The molecule has 1 amide bonds. The van der Waals surface area contributed by atoms with Crippen LogP contribution < -0.4 is 10.9 Å². The molecule has 1 heterocycles. The molecule has 2 rings (SSSR count). The lowest BCUT2D eigenvalue weighted by Crippen LogP contribution is -2.34. The normalized spacial score (nSPS) is 12.0. The van der Waals surface area contributed by atoms with Crippen molar-refractivity contribution in [2.75, 3.05) is 0 Å². The van der Waals surface area contributed by atoms with Crippen molar-refractivity contribution in [1.82, 2.24) is 15.5 Å². The van der Waals surface area contributed by atoms with Crippen LogP contribution in [0.1, 0.15) is 29.4 Å². The Balaban J connectivity index is 1.88. The topological polar surface area (TPSA) is 74.8 Å². The number of benzene rings is 1. The van der Waals surface area contributed by atoms with Gasteiger partial charge in [0.05, 0.1) is 0 Å². The van der Waals surface area contributed by atoms with Crippen molar-refractivity contribution >= 4 is 5.91 Å². The van der Waals surface area contributed by atoms with Crippen molar-refractivity contribution in [3.05, 3.63) is 63.6 Å². The van der Waals surface area contributed by atoms with Gasteiger partial charge in [0.1, 0.15) is 5.69 Å². The summed E-state index contributed by atoms with van der Waals surface area (Å²) in [6.45, 7) is 1.80. The lowest BCUT2D eigenvalue weighted by atomic mass is 10.1. The van der Waals surface area contributed by atoms with Gasteiger partial charge < -0.3 is 5.32 Å². The first-order valence-corrected chi connectivity index (χ1v) is 6.76. The second-order valence-electron chi connectivity index (χ2n) is 4.97. The van der Waals surface area contributed by atoms with Gasteiger partial charge in [-0.2, -0.15) is 5.10 Å². The molecule has 0 aliphatic carbocycles. The molecule has 0 radical (unpaired) electrons. The van der Waals surface area contributed by atoms with Crippen molar-refractivity contribution in [2.45, 2.75) is 25.8 Å². The van der Waals surface area contributed by atoms with E-state index in [0.717, 1.165) is 12.1 Å². The van der Waals surface area contributed by atoms with Crippen LogP contribution >= 0.6 is 0 Å². The number of rotatable bonds is 5. The lowest BCUT2D eigenvalue weighted by Gasteiger charge is -2.13. The quantitative estimate of drug-likeness (QED) is 0.884. The molecule has 0 aliphatic heterocycles. The summed E-state index contributed by atoms with van der Waals surface area (Å²) >= 11 is 0. The highest BCUT2D eigenvalue weighted by atomic mass is 19.2. The highest BCUT2D eigenvalue weighted by Gasteiger charge is 2.12. The number of aryl methyl sites for hydroxylation is 1. The number of amides is 1. The predicted molar refractivity (Wildman–Crippen MR) is 76.5 cm³/mol. The van der Waals surface area contributed by atoms with E-state index in [1.807, 2.05) is 0 Å². The second-order valence-corrected chi connectivity index (χ2v) is 4.97. The minimum absolute atomic E-state index is 0.110. The summed E-state index contributed by atoms with van der Waals surface area (Å²) in [6.07, 6.45) is 1.05. The van der Waals surface area contributed by atoms with Gasteiger partial charge in [-0.25, -0.2) is 13.9 Å². The minimum atomic E-state index is -0.883. The van der Waals surface area contributed by atoms with Crippen LogP contribution in [0.5, 0.6) is 0 Å². The van der Waals surface area contributed by atoms with Crippen molar-refractivity contribution < 1.29 is 13.6 Å². The van der Waals surface area contributed by atoms with E-state index in [-0.39, 0.29) is 17.3 Å². The maximum absolute atomic E-state index is 13.1. The number of carbonyl (C=O) groups excluding carboxylic acids is 1. The molecule has 116 valence electrons. The first-order valence-electron chi connectivity index (χ1n) is 6.76. The first kappa shape index (κ1) is 15.8. The number of nitrogens with zero attached hydrogens (tertiary/aromatic N) is 1. The molecule has 1 aromatic heterocycles. The third kappa shape index (κ3) is 4.21. The van der Waals surface area contributed by atoms with Gasteiger partial charge in [0.25, 0.3) is 11.5 Å². The number of hydrogen-bond acceptors (Lipinski definition) is 3. The zero-order chi connectivity index (χ0) is 16.1. The molecule has 0 fully saturated rings. The molecular formula is C15H15F2N3O2. The molecule has 22 heavy (non-hydrogen) atoms. The molecule has 5 nitrogen and oxygen atoms in total. The third-order valence-electron chi connectivity index (χ3n) is 3.14. The summed E-state index contributed by atoms with van der Waals surface area (Å²) in [5, 5.41) is 8.53. The minimum Gasteiger partial charge on any atom is -0.348 e. The van der Waals surface area contributed by atoms with Crippen LogP contribution in [0, 0.1) is 11.6 Å². The summed E-state index contributed by atoms with van der Waals surface area (Å²) in [4.78, 5) is 22.7. The fraction of sp³-hybridized carbons (Fsp3) is 0.267. The van der Waals surface area contributed by atoms with Gasteiger partial charge in [0.15, 0.2) is 11.6 Å². The molecule has 1 aromatic carbocycles. The molecule has 0 spiro atoms. The Hall–Kier alpha value is -2.57. The number of hydrogen-bond donors (Lipinski definition) is 2. The average molecular weight is 307 g/mol. The molecule has 7 heteroatoms. The Labute approximate surface area is 125 Å². The highest BCUT2D eigenvalue weighted by Crippen LogP contribution is 2.11. The van der Waals surface area contributed by atoms with Gasteiger partial charge in [-0.3, -0.25) is 9.59 Å². The molecule has 0 saturated carbocycles. The fourth-order valence-corrected chi connectivity index (χ4v) is 1.92. The number of nitrogens with one attached hydrogen (secondary N) is 2. The second kappa shape index (κ2) is 6.93. The summed E-state index contributed by atoms with van der Waals surface area (Å²) in [7, 11) is 0. The maximum Gasteiger partial charge on any atom is 0.271 e. The number of aromatic amines is 1. The number of carbonyl (C=O) groups is 1. The largest absolute Gasteiger partial charge is 0.348 e. The van der Waals surface area contributed by atoms with Gasteiger partial charge in [-0.05, 0) is 43.5 Å². The van der Waals surface area contributed by atoms with Crippen molar-refractivity contribution in [1.29, 1.82) is 0 Å². The summed E-state index contributed by atoms with van der Waals surface area (Å²) in [5.74, 6) is -2.17. The van der Waals surface area contributed by atoms with Crippen LogP contribution in [-0.4, -0.2) is 22.1 Å². The van der Waals surface area contributed by atoms with E-state index < -0.39 is 17.5 Å². The molecule has 0 saturated heterocycles. The maximum atomic E-state index is 13.1. The SMILES string of the molecule is CC(CCc1ccc(F)c(F)c1)NC(=O)c1ccc(=O)[nH]n1. The van der Waals surface area contributed by atoms with Gasteiger partial charge in [-0.15, -0.1) is 0 Å². The van der Waals surface area contributed by atoms with Crippen LogP contribution in [0.25, 0.3) is 0 Å². The Morgan fingerprint density at radius 2 is 2.05 bits per heavy atom. The Kier molecular flexibility index (Phi) is 4.98. The summed E-state index contributed by atoms with van der Waals surface area (Å²) in [6, 6.07) is 6.10. The molecule has 0 aliphatic rings. The first-order chi connectivity index (χ1) is 10.5. The molecule has 0 bridgehead atoms. The van der Waals surface area contributed by atoms with E-state index in [4.69, 9.17) is 0 Å². The number of halogens is 2. The molecule has 1 atom stereocenters. The molecule has 2 N–H and O–H groups in total. The van der Waals surface area contributed by atoms with E-state index in [0.29, 0.717) is 18.4 Å². The fourth-order valence-electron chi connectivity index (χ4n) is 1.92. The van der Waals surface area contributed by atoms with Crippen molar-refractivity contribution in [2.24, 2.45) is 0 Å². The van der Waals surface area contributed by atoms with Gasteiger partial charge >= 0.3 is 0 Å².